The van der Waals surface area contributed by atoms with Crippen molar-refractivity contribution in [1.82, 2.24) is 15.2 Å². The van der Waals surface area contributed by atoms with Crippen LogP contribution in [0.25, 0.3) is 10.9 Å². The molecule has 3 atom stereocenters. The number of methoxy groups -OCH3 is 2. The number of nitrogens with one attached hydrogen (secondary N) is 1. The Morgan fingerprint density at radius 1 is 1.19 bits per heavy atom. The number of nitrogens with zero attached hydrogens (tertiary/aromatic N) is 2. The van der Waals surface area contributed by atoms with Crippen molar-refractivity contribution in [3.63, 3.8) is 0 Å². The number of esters is 1. The van der Waals surface area contributed by atoms with Crippen LogP contribution in [0, 0.1) is 0 Å². The fourth-order valence-corrected chi connectivity index (χ4v) is 6.42. The minimum atomic E-state index is -3.41. The van der Waals surface area contributed by atoms with Gasteiger partial charge in [-0.1, -0.05) is 32.8 Å². The van der Waals surface area contributed by atoms with E-state index in [2.05, 4.69) is 11.9 Å². The molecule has 10 nitrogen and oxygen atoms in total. The summed E-state index contributed by atoms with van der Waals surface area (Å²) in [7, 11) is 2.63. The molecule has 12 heteroatoms. The highest BCUT2D eigenvalue weighted by Gasteiger charge is 2.60. The number of carbonyl (C=O) groups is 3. The summed E-state index contributed by atoms with van der Waals surface area (Å²) in [6, 6.07) is 2.53. The van der Waals surface area contributed by atoms with E-state index >= 15 is 8.78 Å². The van der Waals surface area contributed by atoms with Gasteiger partial charge in [-0.15, -0.1) is 6.58 Å². The van der Waals surface area contributed by atoms with Gasteiger partial charge in [0.25, 0.3) is 5.92 Å². The topological polar surface area (TPSA) is 116 Å². The van der Waals surface area contributed by atoms with E-state index < -0.39 is 53.6 Å². The van der Waals surface area contributed by atoms with Gasteiger partial charge in [-0.05, 0) is 64.2 Å². The highest BCUT2D eigenvalue weighted by Crippen LogP contribution is 2.55. The molecule has 0 aliphatic carbocycles. The van der Waals surface area contributed by atoms with Gasteiger partial charge in [-0.25, -0.2) is 23.4 Å². The zero-order valence-corrected chi connectivity index (χ0v) is 28.4. The number of rotatable bonds is 11. The summed E-state index contributed by atoms with van der Waals surface area (Å²) in [6.45, 7) is 12.2. The van der Waals surface area contributed by atoms with Crippen LogP contribution in [0.1, 0.15) is 96.7 Å². The number of fused-ring (bicyclic) bond motifs is 3. The molecule has 3 heterocycles. The maximum absolute atomic E-state index is 16.5. The van der Waals surface area contributed by atoms with Crippen molar-refractivity contribution in [1.29, 1.82) is 0 Å². The number of ether oxygens (including phenoxy) is 4. The lowest BCUT2D eigenvalue weighted by atomic mass is 9.83. The number of hydrogen-bond donors (Lipinski definition) is 1. The number of aromatic nitrogens is 1. The standard InChI is InChI=1S/C35H47F2N3O7/c1-9-10-11-12-13-14-25(39-32(43)47-33(4,5)6)30(41)40-20-34(18-26(40)31(42)45-8)19-35(36,37)27-23-17-22(44-7)15-16-24(23)38-28(21(2)3)29(27)46-34/h9,15-17,21,25-26H,1,10-14,18-20H2,2-8H3,(H,39,43)/t25-,26-,34+/m0/s1. The minimum absolute atomic E-state index is 0.0550. The Labute approximate surface area is 275 Å². The predicted octanol–water partition coefficient (Wildman–Crippen LogP) is 6.78. The molecule has 1 aromatic carbocycles. The van der Waals surface area contributed by atoms with Gasteiger partial charge in [-0.3, -0.25) is 4.79 Å². The van der Waals surface area contributed by atoms with Crippen LogP contribution in [-0.2, 0) is 25.0 Å². The molecule has 1 aromatic heterocycles. The Kier molecular flexibility index (Phi) is 10.7. The van der Waals surface area contributed by atoms with E-state index in [1.165, 1.54) is 25.2 Å². The van der Waals surface area contributed by atoms with Gasteiger partial charge in [0.2, 0.25) is 5.91 Å². The zero-order chi connectivity index (χ0) is 34.7. The number of benzene rings is 1. The van der Waals surface area contributed by atoms with Crippen LogP contribution in [0.2, 0.25) is 0 Å². The monoisotopic (exact) mass is 659 g/mol. The van der Waals surface area contributed by atoms with Gasteiger partial charge in [-0.2, -0.15) is 0 Å². The highest BCUT2D eigenvalue weighted by atomic mass is 19.3. The van der Waals surface area contributed by atoms with Crippen molar-refractivity contribution in [2.24, 2.45) is 0 Å². The molecular formula is C35H47F2N3O7. The first-order valence-corrected chi connectivity index (χ1v) is 16.1. The molecule has 1 N–H and O–H groups in total. The van der Waals surface area contributed by atoms with Gasteiger partial charge in [0.1, 0.15) is 29.0 Å². The molecule has 47 heavy (non-hydrogen) atoms. The Hall–Kier alpha value is -3.96. The summed E-state index contributed by atoms with van der Waals surface area (Å²) in [5.41, 5.74) is -2.02. The molecule has 258 valence electrons. The van der Waals surface area contributed by atoms with Crippen molar-refractivity contribution in [2.75, 3.05) is 20.8 Å². The second-order valence-corrected chi connectivity index (χ2v) is 13.7. The first-order chi connectivity index (χ1) is 22.0. The molecule has 0 saturated carbocycles. The zero-order valence-electron chi connectivity index (χ0n) is 28.4. The van der Waals surface area contributed by atoms with E-state index in [0.29, 0.717) is 23.4 Å². The minimum Gasteiger partial charge on any atom is -0.497 e. The van der Waals surface area contributed by atoms with Crippen molar-refractivity contribution in [2.45, 2.75) is 115 Å². The van der Waals surface area contributed by atoms with Crippen LogP contribution in [0.3, 0.4) is 0 Å². The van der Waals surface area contributed by atoms with Gasteiger partial charge in [0, 0.05) is 11.8 Å². The summed E-state index contributed by atoms with van der Waals surface area (Å²) in [6.07, 6.45) is 3.26. The maximum Gasteiger partial charge on any atom is 0.408 e. The third kappa shape index (κ3) is 7.96. The SMILES string of the molecule is C=CCCCCC[C@H](NC(=O)OC(C)(C)C)C(=O)N1C[C@@]2(C[C@H]1C(=O)OC)CC(F)(F)c1c(c(C(C)C)nc3ccc(OC)cc13)O2. The van der Waals surface area contributed by atoms with Crippen molar-refractivity contribution < 1.29 is 42.1 Å². The number of carbonyl (C=O) groups excluding carboxylic acids is 3. The number of halogens is 2. The summed E-state index contributed by atoms with van der Waals surface area (Å²) in [4.78, 5) is 46.1. The molecule has 0 bridgehead atoms. The molecule has 0 radical (unpaired) electrons. The fraction of sp³-hybridized carbons (Fsp3) is 0.600. The van der Waals surface area contributed by atoms with Gasteiger partial charge in [0.15, 0.2) is 5.75 Å². The summed E-state index contributed by atoms with van der Waals surface area (Å²) >= 11 is 0. The largest absolute Gasteiger partial charge is 0.497 e. The van der Waals surface area contributed by atoms with Gasteiger partial charge >= 0.3 is 12.1 Å². The molecule has 2 amide bonds. The first kappa shape index (κ1) is 35.9. The number of alkyl carbamates (subject to hydrolysis) is 1. The number of unbranched alkanes of at least 4 members (excludes halogenated alkanes) is 3. The predicted molar refractivity (Wildman–Crippen MR) is 173 cm³/mol. The van der Waals surface area contributed by atoms with Crippen molar-refractivity contribution >= 4 is 28.9 Å². The van der Waals surface area contributed by atoms with Crippen LogP contribution < -0.4 is 14.8 Å². The molecule has 1 saturated heterocycles. The molecule has 2 aromatic rings. The number of likely N-dealkylation sites (tertiary alicyclic amines) is 1. The molecule has 4 rings (SSSR count). The van der Waals surface area contributed by atoms with E-state index in [9.17, 15) is 14.4 Å². The van der Waals surface area contributed by atoms with Crippen LogP contribution in [0.4, 0.5) is 13.6 Å². The second kappa shape index (κ2) is 14.0. The Morgan fingerprint density at radius 2 is 1.91 bits per heavy atom. The van der Waals surface area contributed by atoms with E-state index in [4.69, 9.17) is 23.9 Å². The van der Waals surface area contributed by atoms with E-state index in [1.54, 1.807) is 32.9 Å². The normalized spacial score (nSPS) is 20.8. The third-order valence-corrected chi connectivity index (χ3v) is 8.50. The number of hydrogen-bond acceptors (Lipinski definition) is 8. The third-order valence-electron chi connectivity index (χ3n) is 8.50. The number of allylic oxidation sites excluding steroid dienone is 1. The summed E-state index contributed by atoms with van der Waals surface area (Å²) in [5.74, 6) is -4.72. The average Bonchev–Trinajstić information content (AvgIpc) is 3.34. The smallest absolute Gasteiger partial charge is 0.408 e. The quantitative estimate of drug-likeness (QED) is 0.159. The van der Waals surface area contributed by atoms with Crippen molar-refractivity contribution in [3.8, 4) is 11.5 Å². The molecule has 1 fully saturated rings. The molecular weight excluding hydrogens is 612 g/mol. The van der Waals surface area contributed by atoms with Crippen LogP contribution >= 0.6 is 0 Å². The lowest BCUT2D eigenvalue weighted by molar-refractivity contribution is -0.151. The average molecular weight is 660 g/mol. The van der Waals surface area contributed by atoms with Crippen LogP contribution in [0.5, 0.6) is 11.5 Å². The van der Waals surface area contributed by atoms with E-state index in [0.717, 1.165) is 19.3 Å². The lowest BCUT2D eigenvalue weighted by Gasteiger charge is -2.41. The first-order valence-electron chi connectivity index (χ1n) is 16.1. The Balaban J connectivity index is 1.74. The number of pyridine rings is 1. The molecule has 0 unspecified atom stereocenters. The number of amides is 2. The number of alkyl halides is 2. The van der Waals surface area contributed by atoms with Gasteiger partial charge in [0.05, 0.1) is 44.0 Å². The fourth-order valence-electron chi connectivity index (χ4n) is 6.42. The Bertz CT molecular complexity index is 1510. The summed E-state index contributed by atoms with van der Waals surface area (Å²) < 4.78 is 55.4. The van der Waals surface area contributed by atoms with Gasteiger partial charge < -0.3 is 29.2 Å². The van der Waals surface area contributed by atoms with Crippen LogP contribution in [0.15, 0.2) is 30.9 Å². The van der Waals surface area contributed by atoms with Crippen molar-refractivity contribution in [3.05, 3.63) is 42.1 Å². The molecule has 2 aliphatic rings. The van der Waals surface area contributed by atoms with E-state index in [1.807, 2.05) is 19.9 Å². The second-order valence-electron chi connectivity index (χ2n) is 13.7. The lowest BCUT2D eigenvalue weighted by Crippen LogP contribution is -2.54. The Morgan fingerprint density at radius 3 is 2.53 bits per heavy atom. The van der Waals surface area contributed by atoms with E-state index in [-0.39, 0.29) is 42.0 Å². The van der Waals surface area contributed by atoms with Crippen LogP contribution in [-0.4, -0.2) is 71.9 Å². The highest BCUT2D eigenvalue weighted by molar-refractivity contribution is 5.91. The molecule has 2 aliphatic heterocycles. The maximum atomic E-state index is 16.5. The summed E-state index contributed by atoms with van der Waals surface area (Å²) in [5, 5.41) is 2.87. The molecule has 1 spiro atoms.